The Morgan fingerprint density at radius 3 is 2.18 bits per heavy atom. The summed E-state index contributed by atoms with van der Waals surface area (Å²) in [5.41, 5.74) is 6.39. The standard InChI is InChI=1S/C31H33GeNS/c1-20-25-16-17-33-28(23-18-22-10-8-9-11-26(22)27(19-23)31(2,3)4)30(25)34-29(20)21-12-14-24(15-13-21)32(5,6)7/h8-19H,1-7H3. The van der Waals surface area contributed by atoms with Crippen LogP contribution in [0.5, 0.6) is 0 Å². The summed E-state index contributed by atoms with van der Waals surface area (Å²) in [5, 5.41) is 3.92. The molecule has 0 spiro atoms. The van der Waals surface area contributed by atoms with Crippen molar-refractivity contribution in [3.63, 3.8) is 0 Å². The van der Waals surface area contributed by atoms with Gasteiger partial charge < -0.3 is 0 Å². The molecular formula is C31H33GeNS. The first-order chi connectivity index (χ1) is 16.0. The average molecular weight is 524 g/mol. The molecule has 0 unspecified atom stereocenters. The second-order valence-corrected chi connectivity index (χ2v) is 23.1. The second-order valence-electron chi connectivity index (χ2n) is 11.4. The summed E-state index contributed by atoms with van der Waals surface area (Å²) >= 11 is 0.0651. The van der Waals surface area contributed by atoms with Crippen molar-refractivity contribution in [2.45, 2.75) is 50.4 Å². The first-order valence-corrected chi connectivity index (χ1v) is 20.2. The average Bonchev–Trinajstić information content (AvgIpc) is 3.14. The Hall–Kier alpha value is -2.43. The molecule has 3 heteroatoms. The van der Waals surface area contributed by atoms with Crippen LogP contribution in [0.15, 0.2) is 72.9 Å². The van der Waals surface area contributed by atoms with E-state index in [1.54, 1.807) is 4.40 Å². The van der Waals surface area contributed by atoms with E-state index in [0.717, 1.165) is 5.69 Å². The van der Waals surface area contributed by atoms with Crippen LogP contribution in [-0.2, 0) is 5.41 Å². The minimum atomic E-state index is -1.82. The molecule has 0 amide bonds. The van der Waals surface area contributed by atoms with Crippen molar-refractivity contribution in [1.29, 1.82) is 0 Å². The first kappa shape index (κ1) is 23.3. The fourth-order valence-corrected chi connectivity index (χ4v) is 8.59. The minimum absolute atomic E-state index is 0.0549. The van der Waals surface area contributed by atoms with Crippen LogP contribution in [0.1, 0.15) is 31.9 Å². The van der Waals surface area contributed by atoms with E-state index in [0.29, 0.717) is 0 Å². The summed E-state index contributed by atoms with van der Waals surface area (Å²) < 4.78 is 2.83. The number of pyridine rings is 1. The van der Waals surface area contributed by atoms with Gasteiger partial charge in [-0.3, -0.25) is 0 Å². The predicted molar refractivity (Wildman–Crippen MR) is 154 cm³/mol. The van der Waals surface area contributed by atoms with E-state index in [2.05, 4.69) is 112 Å². The van der Waals surface area contributed by atoms with Crippen molar-refractivity contribution in [2.24, 2.45) is 0 Å². The van der Waals surface area contributed by atoms with Gasteiger partial charge in [0.15, 0.2) is 0 Å². The molecule has 5 aromatic rings. The van der Waals surface area contributed by atoms with Crippen molar-refractivity contribution >= 4 is 49.9 Å². The third kappa shape index (κ3) is 4.12. The molecule has 0 bridgehead atoms. The van der Waals surface area contributed by atoms with Crippen molar-refractivity contribution in [2.75, 3.05) is 0 Å². The third-order valence-electron chi connectivity index (χ3n) is 6.81. The SMILES string of the molecule is Cc1c(-c2cc[c]([Ge]([CH3])([CH3])[CH3])cc2)sc2c(-c3cc(C(C)(C)C)c4ccccc4c3)nccc12. The molecule has 2 aromatic heterocycles. The van der Waals surface area contributed by atoms with Gasteiger partial charge in [0.1, 0.15) is 0 Å². The number of hydrogen-bond donors (Lipinski definition) is 0. The van der Waals surface area contributed by atoms with Gasteiger partial charge >= 0.3 is 172 Å². The van der Waals surface area contributed by atoms with E-state index in [1.807, 2.05) is 17.5 Å². The van der Waals surface area contributed by atoms with E-state index < -0.39 is 13.3 Å². The van der Waals surface area contributed by atoms with Crippen LogP contribution in [0.3, 0.4) is 0 Å². The Morgan fingerprint density at radius 1 is 0.794 bits per heavy atom. The van der Waals surface area contributed by atoms with Crippen molar-refractivity contribution in [3.05, 3.63) is 84.1 Å². The maximum atomic E-state index is 4.92. The quantitative estimate of drug-likeness (QED) is 0.215. The number of aromatic nitrogens is 1. The van der Waals surface area contributed by atoms with Gasteiger partial charge in [-0.2, -0.15) is 0 Å². The van der Waals surface area contributed by atoms with Crippen LogP contribution in [-0.4, -0.2) is 18.3 Å². The van der Waals surface area contributed by atoms with Crippen LogP contribution in [0.2, 0.25) is 17.3 Å². The Labute approximate surface area is 210 Å². The number of benzene rings is 3. The predicted octanol–water partition coefficient (Wildman–Crippen LogP) is 8.93. The summed E-state index contributed by atoms with van der Waals surface area (Å²) in [6.07, 6.45) is 1.98. The molecular weight excluding hydrogens is 491 g/mol. The van der Waals surface area contributed by atoms with Gasteiger partial charge in [-0.25, -0.2) is 0 Å². The zero-order chi connectivity index (χ0) is 24.3. The fourth-order valence-electron chi connectivity index (χ4n) is 4.82. The molecule has 0 atom stereocenters. The van der Waals surface area contributed by atoms with E-state index in [4.69, 9.17) is 4.98 Å². The van der Waals surface area contributed by atoms with Gasteiger partial charge in [0.25, 0.3) is 0 Å². The Kier molecular flexibility index (Phi) is 5.73. The van der Waals surface area contributed by atoms with Gasteiger partial charge in [0, 0.05) is 0 Å². The van der Waals surface area contributed by atoms with E-state index in [-0.39, 0.29) is 5.41 Å². The van der Waals surface area contributed by atoms with Gasteiger partial charge in [0.2, 0.25) is 0 Å². The Morgan fingerprint density at radius 2 is 1.50 bits per heavy atom. The second kappa shape index (κ2) is 8.35. The molecule has 0 saturated carbocycles. The molecule has 1 nitrogen and oxygen atoms in total. The number of hydrogen-bond acceptors (Lipinski definition) is 2. The van der Waals surface area contributed by atoms with Crippen LogP contribution in [0.25, 0.3) is 42.6 Å². The fraction of sp³-hybridized carbons (Fsp3) is 0.258. The van der Waals surface area contributed by atoms with Crippen molar-refractivity contribution in [1.82, 2.24) is 4.98 Å². The molecule has 0 N–H and O–H groups in total. The molecule has 34 heavy (non-hydrogen) atoms. The number of nitrogens with zero attached hydrogens (tertiary/aromatic N) is 1. The zero-order valence-corrected chi connectivity index (χ0v) is 24.2. The summed E-state index contributed by atoms with van der Waals surface area (Å²) in [6, 6.07) is 25.0. The van der Waals surface area contributed by atoms with Crippen LogP contribution >= 0.6 is 11.3 Å². The normalized spacial score (nSPS) is 12.6. The first-order valence-electron chi connectivity index (χ1n) is 12.1. The summed E-state index contributed by atoms with van der Waals surface area (Å²) in [6.45, 7) is 9.15. The maximum absolute atomic E-state index is 4.92. The van der Waals surface area contributed by atoms with Crippen LogP contribution < -0.4 is 4.40 Å². The Bertz CT molecular complexity index is 1510. The molecule has 5 rings (SSSR count). The molecule has 172 valence electrons. The monoisotopic (exact) mass is 525 g/mol. The van der Waals surface area contributed by atoms with Gasteiger partial charge in [-0.05, 0) is 0 Å². The van der Waals surface area contributed by atoms with Gasteiger partial charge in [-0.15, -0.1) is 0 Å². The summed E-state index contributed by atoms with van der Waals surface area (Å²) in [5.74, 6) is 7.35. The van der Waals surface area contributed by atoms with Gasteiger partial charge in [0.05, 0.1) is 0 Å². The number of fused-ring (bicyclic) bond motifs is 2. The molecule has 0 aliphatic rings. The van der Waals surface area contributed by atoms with E-state index in [1.165, 1.54) is 48.0 Å². The molecule has 3 aromatic carbocycles. The van der Waals surface area contributed by atoms with Crippen LogP contribution in [0.4, 0.5) is 0 Å². The molecule has 2 heterocycles. The van der Waals surface area contributed by atoms with Gasteiger partial charge in [-0.1, -0.05) is 39.0 Å². The van der Waals surface area contributed by atoms with Crippen molar-refractivity contribution in [3.8, 4) is 21.7 Å². The van der Waals surface area contributed by atoms with E-state index in [9.17, 15) is 0 Å². The van der Waals surface area contributed by atoms with Crippen molar-refractivity contribution < 1.29 is 0 Å². The van der Waals surface area contributed by atoms with Crippen LogP contribution in [0, 0.1) is 6.92 Å². The molecule has 0 radical (unpaired) electrons. The molecule has 0 saturated heterocycles. The summed E-state index contributed by atoms with van der Waals surface area (Å²) in [4.78, 5) is 6.28. The zero-order valence-electron chi connectivity index (χ0n) is 21.3. The van der Waals surface area contributed by atoms with E-state index >= 15 is 0 Å². The summed E-state index contributed by atoms with van der Waals surface area (Å²) in [7, 11) is 0. The number of aryl methyl sites for hydroxylation is 1. The third-order valence-corrected chi connectivity index (χ3v) is 12.5. The number of thiophene rings is 1. The topological polar surface area (TPSA) is 12.9 Å². The number of rotatable bonds is 3. The Balaban J connectivity index is 1.70. The molecule has 0 fully saturated rings. The molecule has 0 aliphatic carbocycles. The molecule has 0 aliphatic heterocycles.